The lowest BCUT2D eigenvalue weighted by molar-refractivity contribution is -0.132. The van der Waals surface area contributed by atoms with Crippen molar-refractivity contribution < 1.29 is 14.1 Å². The van der Waals surface area contributed by atoms with Crippen LogP contribution in [-0.2, 0) is 17.8 Å². The molecular weight excluding hydrogens is 306 g/mol. The summed E-state index contributed by atoms with van der Waals surface area (Å²) in [7, 11) is 1.64. The Kier molecular flexibility index (Phi) is 5.15. The maximum Gasteiger partial charge on any atom is 0.227 e. The van der Waals surface area contributed by atoms with E-state index in [0.29, 0.717) is 6.42 Å². The van der Waals surface area contributed by atoms with E-state index in [9.17, 15) is 4.79 Å². The predicted molar refractivity (Wildman–Crippen MR) is 89.8 cm³/mol. The number of benzene rings is 1. The number of piperazine rings is 1. The highest BCUT2D eigenvalue weighted by Crippen LogP contribution is 2.14. The zero-order valence-corrected chi connectivity index (χ0v) is 14.2. The van der Waals surface area contributed by atoms with E-state index in [0.717, 1.165) is 55.5 Å². The van der Waals surface area contributed by atoms with Gasteiger partial charge < -0.3 is 14.2 Å². The van der Waals surface area contributed by atoms with E-state index < -0.39 is 0 Å². The normalized spacial score (nSPS) is 15.5. The summed E-state index contributed by atoms with van der Waals surface area (Å²) in [6, 6.07) is 9.63. The molecule has 0 unspecified atom stereocenters. The summed E-state index contributed by atoms with van der Waals surface area (Å²) in [6.07, 6.45) is 0.437. The van der Waals surface area contributed by atoms with Crippen LogP contribution in [-0.4, -0.2) is 54.2 Å². The first-order valence-corrected chi connectivity index (χ1v) is 8.19. The van der Waals surface area contributed by atoms with Crippen LogP contribution in [0.15, 0.2) is 34.9 Å². The molecule has 0 saturated carbocycles. The van der Waals surface area contributed by atoms with Gasteiger partial charge >= 0.3 is 0 Å². The number of rotatable bonds is 5. The lowest BCUT2D eigenvalue weighted by Crippen LogP contribution is -2.48. The largest absolute Gasteiger partial charge is 0.497 e. The fourth-order valence-electron chi connectivity index (χ4n) is 2.91. The molecule has 3 rings (SSSR count). The van der Waals surface area contributed by atoms with Gasteiger partial charge in [-0.1, -0.05) is 17.3 Å². The van der Waals surface area contributed by atoms with E-state index >= 15 is 0 Å². The van der Waals surface area contributed by atoms with Crippen LogP contribution in [0, 0.1) is 6.92 Å². The summed E-state index contributed by atoms with van der Waals surface area (Å²) in [5, 5.41) is 4.03. The van der Waals surface area contributed by atoms with Crippen LogP contribution in [0.4, 0.5) is 0 Å². The highest BCUT2D eigenvalue weighted by molar-refractivity contribution is 5.78. The summed E-state index contributed by atoms with van der Waals surface area (Å²) in [5.41, 5.74) is 1.96. The Morgan fingerprint density at radius 3 is 2.50 bits per heavy atom. The van der Waals surface area contributed by atoms with Crippen LogP contribution < -0.4 is 4.74 Å². The van der Waals surface area contributed by atoms with Crippen molar-refractivity contribution >= 4 is 5.91 Å². The van der Waals surface area contributed by atoms with Crippen molar-refractivity contribution in [1.29, 1.82) is 0 Å². The molecule has 1 aromatic carbocycles. The van der Waals surface area contributed by atoms with Crippen molar-refractivity contribution in [3.05, 3.63) is 47.3 Å². The molecule has 128 valence electrons. The molecule has 6 heteroatoms. The first-order chi connectivity index (χ1) is 11.6. The third kappa shape index (κ3) is 4.14. The number of aromatic nitrogens is 1. The second kappa shape index (κ2) is 7.49. The van der Waals surface area contributed by atoms with E-state index in [1.807, 2.05) is 42.2 Å². The minimum Gasteiger partial charge on any atom is -0.497 e. The number of ether oxygens (including phenoxy) is 1. The number of hydrogen-bond acceptors (Lipinski definition) is 5. The third-order valence-electron chi connectivity index (χ3n) is 4.30. The average Bonchev–Trinajstić information content (AvgIpc) is 3.01. The Bertz CT molecular complexity index is 673. The van der Waals surface area contributed by atoms with Crippen molar-refractivity contribution in [2.24, 2.45) is 0 Å². The van der Waals surface area contributed by atoms with Crippen molar-refractivity contribution in [1.82, 2.24) is 15.0 Å². The molecule has 1 aliphatic heterocycles. The Balaban J connectivity index is 1.47. The molecule has 0 aliphatic carbocycles. The van der Waals surface area contributed by atoms with E-state index in [4.69, 9.17) is 9.26 Å². The number of aryl methyl sites for hydroxylation is 1. The van der Waals surface area contributed by atoms with Crippen LogP contribution in [0.1, 0.15) is 17.0 Å². The molecule has 1 saturated heterocycles. The van der Waals surface area contributed by atoms with Crippen molar-refractivity contribution in [2.75, 3.05) is 33.3 Å². The van der Waals surface area contributed by atoms with Gasteiger partial charge in [0.05, 0.1) is 19.2 Å². The van der Waals surface area contributed by atoms with E-state index in [1.165, 1.54) is 0 Å². The standard InChI is InChI=1S/C18H23N3O3/c1-14-11-16(19-24-14)13-20-7-9-21(10-8-20)18(22)12-15-3-5-17(23-2)6-4-15/h3-6,11H,7-10,12-13H2,1-2H3. The smallest absolute Gasteiger partial charge is 0.227 e. The minimum absolute atomic E-state index is 0.178. The quantitative estimate of drug-likeness (QED) is 0.838. The number of hydrogen-bond donors (Lipinski definition) is 0. The highest BCUT2D eigenvalue weighted by Gasteiger charge is 2.21. The molecule has 24 heavy (non-hydrogen) atoms. The fourth-order valence-corrected chi connectivity index (χ4v) is 2.91. The van der Waals surface area contributed by atoms with Gasteiger partial charge in [-0.25, -0.2) is 0 Å². The van der Waals surface area contributed by atoms with Crippen LogP contribution >= 0.6 is 0 Å². The summed E-state index contributed by atoms with van der Waals surface area (Å²) in [6.45, 7) is 5.91. The van der Waals surface area contributed by atoms with E-state index in [1.54, 1.807) is 7.11 Å². The van der Waals surface area contributed by atoms with Gasteiger partial charge in [0.25, 0.3) is 0 Å². The molecule has 2 heterocycles. The van der Waals surface area contributed by atoms with Gasteiger partial charge in [0.1, 0.15) is 11.5 Å². The highest BCUT2D eigenvalue weighted by atomic mass is 16.5. The SMILES string of the molecule is COc1ccc(CC(=O)N2CCN(Cc3cc(C)on3)CC2)cc1. The summed E-state index contributed by atoms with van der Waals surface area (Å²) in [5.74, 6) is 1.82. The predicted octanol–water partition coefficient (Wildman–Crippen LogP) is 1.88. The monoisotopic (exact) mass is 329 g/mol. The van der Waals surface area contributed by atoms with E-state index in [2.05, 4.69) is 10.1 Å². The zero-order valence-electron chi connectivity index (χ0n) is 14.2. The number of carbonyl (C=O) groups is 1. The molecule has 1 fully saturated rings. The number of nitrogens with zero attached hydrogens (tertiary/aromatic N) is 3. The molecule has 0 bridgehead atoms. The Morgan fingerprint density at radius 2 is 1.92 bits per heavy atom. The second-order valence-electron chi connectivity index (χ2n) is 6.11. The summed E-state index contributed by atoms with van der Waals surface area (Å²) in [4.78, 5) is 16.7. The van der Waals surface area contributed by atoms with Crippen LogP contribution in [0.2, 0.25) is 0 Å². The molecule has 0 spiro atoms. The lowest BCUT2D eigenvalue weighted by Gasteiger charge is -2.34. The van der Waals surface area contributed by atoms with Gasteiger partial charge in [0.15, 0.2) is 0 Å². The second-order valence-corrected chi connectivity index (χ2v) is 6.11. The maximum absolute atomic E-state index is 12.4. The van der Waals surface area contributed by atoms with Crippen molar-refractivity contribution in [3.63, 3.8) is 0 Å². The van der Waals surface area contributed by atoms with Gasteiger partial charge in [-0.15, -0.1) is 0 Å². The molecule has 1 amide bonds. The fraction of sp³-hybridized carbons (Fsp3) is 0.444. The van der Waals surface area contributed by atoms with Gasteiger partial charge in [0, 0.05) is 38.8 Å². The third-order valence-corrected chi connectivity index (χ3v) is 4.30. The Hall–Kier alpha value is -2.34. The number of methoxy groups -OCH3 is 1. The zero-order chi connectivity index (χ0) is 16.9. The molecule has 0 radical (unpaired) electrons. The van der Waals surface area contributed by atoms with Crippen LogP contribution in [0.25, 0.3) is 0 Å². The maximum atomic E-state index is 12.4. The average molecular weight is 329 g/mol. The summed E-state index contributed by atoms with van der Waals surface area (Å²) >= 11 is 0. The molecule has 1 aliphatic rings. The van der Waals surface area contributed by atoms with Crippen molar-refractivity contribution in [3.8, 4) is 5.75 Å². The number of amides is 1. The first-order valence-electron chi connectivity index (χ1n) is 8.19. The topological polar surface area (TPSA) is 58.8 Å². The van der Waals surface area contributed by atoms with Gasteiger partial charge in [-0.05, 0) is 24.6 Å². The molecule has 1 aromatic heterocycles. The molecule has 0 atom stereocenters. The Labute approximate surface area is 142 Å². The molecule has 0 N–H and O–H groups in total. The number of carbonyl (C=O) groups excluding carboxylic acids is 1. The molecular formula is C18H23N3O3. The van der Waals surface area contributed by atoms with Gasteiger partial charge in [-0.2, -0.15) is 0 Å². The lowest BCUT2D eigenvalue weighted by atomic mass is 10.1. The Morgan fingerprint density at radius 1 is 1.21 bits per heavy atom. The van der Waals surface area contributed by atoms with Crippen molar-refractivity contribution in [2.45, 2.75) is 19.9 Å². The molecule has 6 nitrogen and oxygen atoms in total. The van der Waals surface area contributed by atoms with E-state index in [-0.39, 0.29) is 5.91 Å². The minimum atomic E-state index is 0.178. The van der Waals surface area contributed by atoms with Crippen LogP contribution in [0.5, 0.6) is 5.75 Å². The molecule has 2 aromatic rings. The summed E-state index contributed by atoms with van der Waals surface area (Å²) < 4.78 is 10.2. The van der Waals surface area contributed by atoms with Gasteiger partial charge in [-0.3, -0.25) is 9.69 Å². The first kappa shape index (κ1) is 16.5. The van der Waals surface area contributed by atoms with Gasteiger partial charge in [0.2, 0.25) is 5.91 Å². The van der Waals surface area contributed by atoms with Crippen LogP contribution in [0.3, 0.4) is 0 Å².